The van der Waals surface area contributed by atoms with E-state index in [1.165, 1.54) is 11.5 Å². The maximum absolute atomic E-state index is 10.7. The molecule has 1 atom stereocenters. The van der Waals surface area contributed by atoms with Crippen molar-refractivity contribution in [2.45, 2.75) is 26.3 Å². The average Bonchev–Trinajstić information content (AvgIpc) is 1.80. The van der Waals surface area contributed by atoms with E-state index < -0.39 is 9.84 Å². The molecule has 0 spiro atoms. The first-order valence-corrected chi connectivity index (χ1v) is 5.90. The molecule has 3 nitrogen and oxygen atoms in total. The van der Waals surface area contributed by atoms with Crippen LogP contribution in [0.25, 0.3) is 0 Å². The Morgan fingerprint density at radius 3 is 2.25 bits per heavy atom. The van der Waals surface area contributed by atoms with E-state index in [2.05, 4.69) is 0 Å². The van der Waals surface area contributed by atoms with Gasteiger partial charge >= 0.3 is 0 Å². The van der Waals surface area contributed by atoms with Crippen molar-refractivity contribution < 1.29 is 8.42 Å². The molecule has 0 bridgehead atoms. The molecule has 4 heteroatoms. The maximum Gasteiger partial charge on any atom is 0.168 e. The predicted molar refractivity (Wildman–Crippen MR) is 51.4 cm³/mol. The van der Waals surface area contributed by atoms with E-state index in [-0.39, 0.29) is 6.04 Å². The minimum Gasteiger partial charge on any atom is -0.324 e. The van der Waals surface area contributed by atoms with E-state index in [1.54, 1.807) is 0 Å². The smallest absolute Gasteiger partial charge is 0.168 e. The number of sulfone groups is 1. The molecule has 0 fully saturated rings. The molecule has 12 heavy (non-hydrogen) atoms. The Hall–Kier alpha value is -0.350. The van der Waals surface area contributed by atoms with Crippen LogP contribution in [-0.4, -0.2) is 20.7 Å². The molecule has 0 radical (unpaired) electrons. The van der Waals surface area contributed by atoms with Gasteiger partial charge in [0.15, 0.2) is 9.84 Å². The van der Waals surface area contributed by atoms with Gasteiger partial charge in [-0.15, -0.1) is 0 Å². The van der Waals surface area contributed by atoms with Crippen molar-refractivity contribution in [1.29, 1.82) is 0 Å². The zero-order valence-electron chi connectivity index (χ0n) is 7.82. The Morgan fingerprint density at radius 1 is 1.42 bits per heavy atom. The molecule has 1 unspecified atom stereocenters. The molecule has 0 aliphatic heterocycles. The van der Waals surface area contributed by atoms with Crippen LogP contribution in [0.5, 0.6) is 0 Å². The maximum atomic E-state index is 10.7. The minimum atomic E-state index is -3.02. The van der Waals surface area contributed by atoms with E-state index >= 15 is 0 Å². The van der Waals surface area contributed by atoms with Crippen LogP contribution in [0.15, 0.2) is 11.5 Å². The van der Waals surface area contributed by atoms with Crippen molar-refractivity contribution in [1.82, 2.24) is 0 Å². The van der Waals surface area contributed by atoms with Gasteiger partial charge in [-0.2, -0.15) is 0 Å². The normalized spacial score (nSPS) is 15.8. The Morgan fingerprint density at radius 2 is 1.92 bits per heavy atom. The first-order valence-electron chi connectivity index (χ1n) is 3.95. The molecule has 72 valence electrons. The fraction of sp³-hybridized carbons (Fsp3) is 0.750. The van der Waals surface area contributed by atoms with Crippen molar-refractivity contribution in [3.63, 3.8) is 0 Å². The summed E-state index contributed by atoms with van der Waals surface area (Å²) in [4.78, 5) is 0. The van der Waals surface area contributed by atoms with E-state index in [0.717, 1.165) is 12.7 Å². The third kappa shape index (κ3) is 7.75. The Balaban J connectivity index is 4.01. The molecule has 0 aromatic heterocycles. The molecule has 0 heterocycles. The molecule has 2 N–H and O–H groups in total. The molecule has 0 aliphatic carbocycles. The van der Waals surface area contributed by atoms with Gasteiger partial charge < -0.3 is 5.73 Å². The largest absolute Gasteiger partial charge is 0.324 e. The van der Waals surface area contributed by atoms with Crippen LogP contribution in [-0.2, 0) is 9.84 Å². The second kappa shape index (κ2) is 4.62. The molecular formula is C8H17NO2S. The Labute approximate surface area is 74.6 Å². The lowest BCUT2D eigenvalue weighted by Gasteiger charge is -2.08. The molecule has 0 saturated heterocycles. The Kier molecular flexibility index (Phi) is 4.49. The van der Waals surface area contributed by atoms with Crippen LogP contribution >= 0.6 is 0 Å². The van der Waals surface area contributed by atoms with Crippen molar-refractivity contribution in [2.75, 3.05) is 6.26 Å². The third-order valence-corrected chi connectivity index (χ3v) is 1.97. The SMILES string of the molecule is CC(C)CC(N)C=CS(C)(=O)=O. The van der Waals surface area contributed by atoms with E-state index in [1.807, 2.05) is 13.8 Å². The van der Waals surface area contributed by atoms with Gasteiger partial charge in [0.1, 0.15) is 0 Å². The van der Waals surface area contributed by atoms with Crippen molar-refractivity contribution in [2.24, 2.45) is 11.7 Å². The van der Waals surface area contributed by atoms with Crippen LogP contribution < -0.4 is 5.73 Å². The summed E-state index contributed by atoms with van der Waals surface area (Å²) < 4.78 is 21.4. The fourth-order valence-electron chi connectivity index (χ4n) is 0.867. The summed E-state index contributed by atoms with van der Waals surface area (Å²) >= 11 is 0. The highest BCUT2D eigenvalue weighted by atomic mass is 32.2. The number of nitrogens with two attached hydrogens (primary N) is 1. The zero-order valence-corrected chi connectivity index (χ0v) is 8.64. The summed E-state index contributed by atoms with van der Waals surface area (Å²) in [6.07, 6.45) is 3.51. The van der Waals surface area contributed by atoms with E-state index in [0.29, 0.717) is 5.92 Å². The van der Waals surface area contributed by atoms with Crippen molar-refractivity contribution in [3.8, 4) is 0 Å². The third-order valence-electron chi connectivity index (χ3n) is 1.32. The summed E-state index contributed by atoms with van der Waals surface area (Å²) in [7, 11) is -3.02. The summed E-state index contributed by atoms with van der Waals surface area (Å²) in [5.41, 5.74) is 5.63. The number of hydrogen-bond acceptors (Lipinski definition) is 3. The van der Waals surface area contributed by atoms with Gasteiger partial charge in [-0.3, -0.25) is 0 Å². The molecule has 0 aromatic carbocycles. The second-order valence-corrected chi connectivity index (χ2v) is 5.38. The highest BCUT2D eigenvalue weighted by Gasteiger charge is 2.02. The molecule has 0 saturated carbocycles. The van der Waals surface area contributed by atoms with Crippen LogP contribution in [0.3, 0.4) is 0 Å². The average molecular weight is 191 g/mol. The van der Waals surface area contributed by atoms with Crippen LogP contribution in [0, 0.1) is 5.92 Å². The van der Waals surface area contributed by atoms with Gasteiger partial charge in [0, 0.05) is 17.7 Å². The number of rotatable bonds is 4. The lowest BCUT2D eigenvalue weighted by Crippen LogP contribution is -2.19. The zero-order chi connectivity index (χ0) is 9.78. The Bertz CT molecular complexity index is 242. The first kappa shape index (κ1) is 11.6. The molecule has 0 aliphatic rings. The molecule has 0 rings (SSSR count). The van der Waals surface area contributed by atoms with Crippen LogP contribution in [0.1, 0.15) is 20.3 Å². The molecule has 0 aromatic rings. The van der Waals surface area contributed by atoms with Gasteiger partial charge in [0.25, 0.3) is 0 Å². The van der Waals surface area contributed by atoms with Crippen molar-refractivity contribution in [3.05, 3.63) is 11.5 Å². The fourth-order valence-corrected chi connectivity index (χ4v) is 1.35. The van der Waals surface area contributed by atoms with Crippen molar-refractivity contribution >= 4 is 9.84 Å². The van der Waals surface area contributed by atoms with Crippen LogP contribution in [0.4, 0.5) is 0 Å². The monoisotopic (exact) mass is 191 g/mol. The minimum absolute atomic E-state index is 0.153. The standard InChI is InChI=1S/C8H17NO2S/c1-7(2)6-8(9)4-5-12(3,10)11/h4-5,7-8H,6,9H2,1-3H3. The summed E-state index contributed by atoms with van der Waals surface area (Å²) in [6, 6.07) is -0.153. The highest BCUT2D eigenvalue weighted by molar-refractivity contribution is 7.93. The van der Waals surface area contributed by atoms with Gasteiger partial charge in [0.05, 0.1) is 0 Å². The predicted octanol–water partition coefficient (Wildman–Crippen LogP) is 0.918. The lowest BCUT2D eigenvalue weighted by atomic mass is 10.1. The quantitative estimate of drug-likeness (QED) is 0.718. The number of hydrogen-bond donors (Lipinski definition) is 1. The topological polar surface area (TPSA) is 60.2 Å². The van der Waals surface area contributed by atoms with Gasteiger partial charge in [-0.1, -0.05) is 19.9 Å². The summed E-state index contributed by atoms with van der Waals surface area (Å²) in [5.74, 6) is 0.490. The molecular weight excluding hydrogens is 174 g/mol. The van der Waals surface area contributed by atoms with E-state index in [9.17, 15) is 8.42 Å². The summed E-state index contributed by atoms with van der Waals surface area (Å²) in [6.45, 7) is 4.10. The van der Waals surface area contributed by atoms with Crippen LogP contribution in [0.2, 0.25) is 0 Å². The van der Waals surface area contributed by atoms with Gasteiger partial charge in [-0.25, -0.2) is 8.42 Å². The summed E-state index contributed by atoms with van der Waals surface area (Å²) in [5, 5.41) is 1.17. The van der Waals surface area contributed by atoms with Gasteiger partial charge in [-0.05, 0) is 12.3 Å². The highest BCUT2D eigenvalue weighted by Crippen LogP contribution is 2.03. The van der Waals surface area contributed by atoms with Gasteiger partial charge in [0.2, 0.25) is 0 Å². The molecule has 0 amide bonds. The van der Waals surface area contributed by atoms with E-state index in [4.69, 9.17) is 5.73 Å². The first-order chi connectivity index (χ1) is 5.31. The second-order valence-electron chi connectivity index (χ2n) is 3.45. The lowest BCUT2D eigenvalue weighted by molar-refractivity contribution is 0.546.